The third-order valence-electron chi connectivity index (χ3n) is 4.90. The van der Waals surface area contributed by atoms with E-state index in [0.29, 0.717) is 24.7 Å². The zero-order valence-electron chi connectivity index (χ0n) is 16.7. The highest BCUT2D eigenvalue weighted by Gasteiger charge is 2.33. The Bertz CT molecular complexity index is 1040. The normalized spacial score (nSPS) is 15.8. The molecule has 1 aromatic heterocycles. The van der Waals surface area contributed by atoms with Crippen LogP contribution in [-0.2, 0) is 22.7 Å². The predicted octanol–water partition coefficient (Wildman–Crippen LogP) is 2.42. The first-order valence-corrected chi connectivity index (χ1v) is 9.86. The summed E-state index contributed by atoms with van der Waals surface area (Å²) in [5, 5.41) is 6.62. The SMILES string of the molecule is O=C(COc1ccccc1)NCc1nc([C@@H]2CC(=O)N(Cc3ccc(F)cc3)C2)no1. The maximum Gasteiger partial charge on any atom is 0.258 e. The Kier molecular flexibility index (Phi) is 6.21. The number of ether oxygens (including phenoxy) is 1. The van der Waals surface area contributed by atoms with E-state index in [9.17, 15) is 14.0 Å². The highest BCUT2D eigenvalue weighted by molar-refractivity contribution is 5.79. The molecule has 1 atom stereocenters. The molecule has 0 bridgehead atoms. The zero-order valence-corrected chi connectivity index (χ0v) is 16.7. The molecule has 1 saturated heterocycles. The number of carbonyl (C=O) groups is 2. The number of nitrogens with zero attached hydrogens (tertiary/aromatic N) is 3. The minimum atomic E-state index is -0.315. The van der Waals surface area contributed by atoms with Gasteiger partial charge >= 0.3 is 0 Å². The number of amides is 2. The molecule has 2 heterocycles. The smallest absolute Gasteiger partial charge is 0.258 e. The number of benzene rings is 2. The van der Waals surface area contributed by atoms with Crippen LogP contribution in [0, 0.1) is 5.82 Å². The van der Waals surface area contributed by atoms with Gasteiger partial charge in [0.2, 0.25) is 11.8 Å². The van der Waals surface area contributed by atoms with Crippen molar-refractivity contribution in [3.8, 4) is 5.75 Å². The molecule has 4 rings (SSSR count). The Morgan fingerprint density at radius 1 is 1.19 bits per heavy atom. The number of para-hydroxylation sites is 1. The second kappa shape index (κ2) is 9.38. The van der Waals surface area contributed by atoms with Crippen LogP contribution >= 0.6 is 0 Å². The molecule has 1 fully saturated rings. The largest absolute Gasteiger partial charge is 0.484 e. The van der Waals surface area contributed by atoms with Crippen LogP contribution in [-0.4, -0.2) is 40.0 Å². The average Bonchev–Trinajstić information content (AvgIpc) is 3.40. The van der Waals surface area contributed by atoms with Gasteiger partial charge in [0.15, 0.2) is 12.4 Å². The first-order chi connectivity index (χ1) is 15.1. The lowest BCUT2D eigenvalue weighted by molar-refractivity contribution is -0.128. The fourth-order valence-electron chi connectivity index (χ4n) is 3.30. The summed E-state index contributed by atoms with van der Waals surface area (Å²) in [5.74, 6) is 0.452. The first kappa shape index (κ1) is 20.5. The van der Waals surface area contributed by atoms with Gasteiger partial charge in [-0.3, -0.25) is 9.59 Å². The van der Waals surface area contributed by atoms with Crippen LogP contribution in [0.3, 0.4) is 0 Å². The lowest BCUT2D eigenvalue weighted by Crippen LogP contribution is -2.28. The second-order valence-electron chi connectivity index (χ2n) is 7.23. The lowest BCUT2D eigenvalue weighted by Gasteiger charge is -2.16. The molecular weight excluding hydrogens is 403 g/mol. The van der Waals surface area contributed by atoms with E-state index in [1.165, 1.54) is 12.1 Å². The number of halogens is 1. The van der Waals surface area contributed by atoms with Crippen LogP contribution in [0.15, 0.2) is 59.1 Å². The number of hydrogen-bond acceptors (Lipinski definition) is 6. The van der Waals surface area contributed by atoms with Gasteiger partial charge in [0.25, 0.3) is 5.91 Å². The van der Waals surface area contributed by atoms with Gasteiger partial charge in [-0.15, -0.1) is 0 Å². The Morgan fingerprint density at radius 2 is 1.97 bits per heavy atom. The maximum atomic E-state index is 13.1. The molecule has 1 N–H and O–H groups in total. The van der Waals surface area contributed by atoms with Crippen molar-refractivity contribution < 1.29 is 23.2 Å². The van der Waals surface area contributed by atoms with Crippen molar-refractivity contribution in [3.05, 3.63) is 77.7 Å². The van der Waals surface area contributed by atoms with Crippen molar-refractivity contribution >= 4 is 11.8 Å². The van der Waals surface area contributed by atoms with Crippen LogP contribution in [0.25, 0.3) is 0 Å². The van der Waals surface area contributed by atoms with E-state index >= 15 is 0 Å². The molecule has 0 unspecified atom stereocenters. The lowest BCUT2D eigenvalue weighted by atomic mass is 10.1. The van der Waals surface area contributed by atoms with Crippen molar-refractivity contribution in [1.82, 2.24) is 20.4 Å². The van der Waals surface area contributed by atoms with Crippen molar-refractivity contribution in [1.29, 1.82) is 0 Å². The summed E-state index contributed by atoms with van der Waals surface area (Å²) in [6.07, 6.45) is 0.275. The van der Waals surface area contributed by atoms with Gasteiger partial charge in [0, 0.05) is 25.4 Å². The number of nitrogens with one attached hydrogen (secondary N) is 1. The monoisotopic (exact) mass is 424 g/mol. The Hall–Kier alpha value is -3.75. The average molecular weight is 424 g/mol. The van der Waals surface area contributed by atoms with E-state index in [-0.39, 0.29) is 49.0 Å². The molecule has 160 valence electrons. The summed E-state index contributed by atoms with van der Waals surface area (Å²) in [6, 6.07) is 15.1. The highest BCUT2D eigenvalue weighted by atomic mass is 19.1. The molecule has 8 nitrogen and oxygen atoms in total. The number of carbonyl (C=O) groups excluding carboxylic acids is 2. The van der Waals surface area contributed by atoms with Crippen molar-refractivity contribution in [2.75, 3.05) is 13.2 Å². The van der Waals surface area contributed by atoms with Crippen LogP contribution in [0.2, 0.25) is 0 Å². The van der Waals surface area contributed by atoms with Crippen LogP contribution in [0.1, 0.15) is 29.6 Å². The van der Waals surface area contributed by atoms with E-state index < -0.39 is 0 Å². The van der Waals surface area contributed by atoms with Crippen molar-refractivity contribution in [2.45, 2.75) is 25.4 Å². The fourth-order valence-corrected chi connectivity index (χ4v) is 3.30. The third kappa shape index (κ3) is 5.44. The van der Waals surface area contributed by atoms with Gasteiger partial charge in [-0.05, 0) is 29.8 Å². The van der Waals surface area contributed by atoms with Crippen LogP contribution in [0.5, 0.6) is 5.75 Å². The van der Waals surface area contributed by atoms with Gasteiger partial charge < -0.3 is 19.5 Å². The number of rotatable bonds is 8. The fraction of sp³-hybridized carbons (Fsp3) is 0.273. The van der Waals surface area contributed by atoms with Gasteiger partial charge in [-0.25, -0.2) is 4.39 Å². The summed E-state index contributed by atoms with van der Waals surface area (Å²) >= 11 is 0. The molecule has 0 radical (unpaired) electrons. The van der Waals surface area contributed by atoms with Gasteiger partial charge in [0.05, 0.1) is 6.54 Å². The summed E-state index contributed by atoms with van der Waals surface area (Å²) in [7, 11) is 0. The molecule has 31 heavy (non-hydrogen) atoms. The summed E-state index contributed by atoms with van der Waals surface area (Å²) < 4.78 is 23.6. The summed E-state index contributed by atoms with van der Waals surface area (Å²) in [4.78, 5) is 30.3. The molecule has 1 aliphatic heterocycles. The molecule has 0 aliphatic carbocycles. The maximum absolute atomic E-state index is 13.1. The Balaban J connectivity index is 1.26. The van der Waals surface area contributed by atoms with E-state index in [1.807, 2.05) is 18.2 Å². The second-order valence-corrected chi connectivity index (χ2v) is 7.23. The van der Waals surface area contributed by atoms with E-state index in [2.05, 4.69) is 15.5 Å². The zero-order chi connectivity index (χ0) is 21.6. The van der Waals surface area contributed by atoms with E-state index in [1.54, 1.807) is 29.2 Å². The van der Waals surface area contributed by atoms with E-state index in [4.69, 9.17) is 9.26 Å². The number of aromatic nitrogens is 2. The molecule has 0 spiro atoms. The summed E-state index contributed by atoms with van der Waals surface area (Å²) in [6.45, 7) is 0.800. The molecule has 9 heteroatoms. The highest BCUT2D eigenvalue weighted by Crippen LogP contribution is 2.27. The molecule has 0 saturated carbocycles. The van der Waals surface area contributed by atoms with Crippen LogP contribution in [0.4, 0.5) is 4.39 Å². The van der Waals surface area contributed by atoms with E-state index in [0.717, 1.165) is 5.56 Å². The topological polar surface area (TPSA) is 97.6 Å². The van der Waals surface area contributed by atoms with Crippen molar-refractivity contribution in [3.63, 3.8) is 0 Å². The standard InChI is InChI=1S/C22H21FN4O4/c23-17-8-6-15(7-9-17)12-27-13-16(10-21(27)29)22-25-20(31-26-22)11-24-19(28)14-30-18-4-2-1-3-5-18/h1-9,16H,10-14H2,(H,24,28)/t16-/m1/s1. The predicted molar refractivity (Wildman–Crippen MR) is 107 cm³/mol. The molecule has 2 aromatic carbocycles. The van der Waals surface area contributed by atoms with Gasteiger partial charge in [-0.1, -0.05) is 35.5 Å². The third-order valence-corrected chi connectivity index (χ3v) is 4.90. The van der Waals surface area contributed by atoms with Crippen molar-refractivity contribution in [2.24, 2.45) is 0 Å². The Labute approximate surface area is 178 Å². The number of hydrogen-bond donors (Lipinski definition) is 1. The van der Waals surface area contributed by atoms with Crippen LogP contribution < -0.4 is 10.1 Å². The molecular formula is C22H21FN4O4. The summed E-state index contributed by atoms with van der Waals surface area (Å²) in [5.41, 5.74) is 0.852. The number of likely N-dealkylation sites (tertiary alicyclic amines) is 1. The van der Waals surface area contributed by atoms with Gasteiger partial charge in [0.1, 0.15) is 11.6 Å². The quantitative estimate of drug-likeness (QED) is 0.597. The minimum absolute atomic E-state index is 0.0213. The first-order valence-electron chi connectivity index (χ1n) is 9.86. The molecule has 2 amide bonds. The Morgan fingerprint density at radius 3 is 2.74 bits per heavy atom. The molecule has 1 aliphatic rings. The van der Waals surface area contributed by atoms with Gasteiger partial charge in [-0.2, -0.15) is 4.98 Å². The molecule has 3 aromatic rings. The minimum Gasteiger partial charge on any atom is -0.484 e.